The molecule has 0 aliphatic heterocycles. The van der Waals surface area contributed by atoms with Crippen LogP contribution in [0.4, 0.5) is 0 Å². The smallest absolute Gasteiger partial charge is 0.0757 e. The van der Waals surface area contributed by atoms with Gasteiger partial charge in [0.15, 0.2) is 0 Å². The van der Waals surface area contributed by atoms with Crippen LogP contribution in [0.1, 0.15) is 102 Å². The SMILES string of the molecule is [2H]C([2H])([2H])C([2H])(CC[C@@H](C)[C@H]1CC[C@H]2[C@@H]3[C@H](O)C=C4C[C@@H](O)CC[C@]4(C)[C@H]3CC[C@]12C)C([2H])([2H])[2H]. The van der Waals surface area contributed by atoms with Crippen molar-refractivity contribution in [2.75, 3.05) is 0 Å². The van der Waals surface area contributed by atoms with Crippen molar-refractivity contribution in [1.29, 1.82) is 0 Å². The molecule has 160 valence electrons. The zero-order valence-corrected chi connectivity index (χ0v) is 17.9. The van der Waals surface area contributed by atoms with E-state index in [4.69, 9.17) is 9.60 Å². The maximum Gasteiger partial charge on any atom is 0.0757 e. The van der Waals surface area contributed by atoms with Crippen LogP contribution in [0.2, 0.25) is 0 Å². The van der Waals surface area contributed by atoms with Gasteiger partial charge in [0.2, 0.25) is 0 Å². The molecule has 2 N–H and O–H groups in total. The summed E-state index contributed by atoms with van der Waals surface area (Å²) in [7, 11) is 0. The molecule has 0 aromatic rings. The van der Waals surface area contributed by atoms with Crippen LogP contribution in [0.5, 0.6) is 0 Å². The van der Waals surface area contributed by atoms with Crippen LogP contribution in [-0.4, -0.2) is 22.4 Å². The van der Waals surface area contributed by atoms with Crippen LogP contribution >= 0.6 is 0 Å². The van der Waals surface area contributed by atoms with E-state index in [1.165, 1.54) is 5.57 Å². The largest absolute Gasteiger partial charge is 0.393 e. The molecule has 3 fully saturated rings. The van der Waals surface area contributed by atoms with E-state index in [9.17, 15) is 10.2 Å². The summed E-state index contributed by atoms with van der Waals surface area (Å²) in [5, 5.41) is 21.5. The number of hydrogen-bond donors (Lipinski definition) is 2. The summed E-state index contributed by atoms with van der Waals surface area (Å²) >= 11 is 0. The zero-order chi connectivity index (χ0) is 26.2. The van der Waals surface area contributed by atoms with Gasteiger partial charge in [0.1, 0.15) is 0 Å². The first-order chi connectivity index (χ1) is 16.0. The first-order valence-corrected chi connectivity index (χ1v) is 11.5. The third-order valence-electron chi connectivity index (χ3n) is 9.71. The molecule has 3 saturated carbocycles. The highest BCUT2D eigenvalue weighted by atomic mass is 16.3. The van der Waals surface area contributed by atoms with Crippen molar-refractivity contribution >= 4 is 0 Å². The summed E-state index contributed by atoms with van der Waals surface area (Å²) in [6, 6.07) is 0. The van der Waals surface area contributed by atoms with E-state index in [0.29, 0.717) is 30.6 Å². The fraction of sp³-hybridized carbons (Fsp3) is 0.923. The minimum absolute atomic E-state index is 0.0160. The summed E-state index contributed by atoms with van der Waals surface area (Å²) in [6.07, 6.45) is 8.04. The van der Waals surface area contributed by atoms with Gasteiger partial charge in [0.05, 0.1) is 12.2 Å². The van der Waals surface area contributed by atoms with E-state index < -0.39 is 25.7 Å². The van der Waals surface area contributed by atoms with E-state index in [2.05, 4.69) is 20.8 Å². The summed E-state index contributed by atoms with van der Waals surface area (Å²) in [6.45, 7) is 1.05. The van der Waals surface area contributed by atoms with Crippen LogP contribution in [0, 0.1) is 46.3 Å². The minimum atomic E-state index is -2.86. The molecule has 2 heteroatoms. The predicted octanol–water partition coefficient (Wildman–Crippen LogP) is 5.97. The summed E-state index contributed by atoms with van der Waals surface area (Å²) < 4.78 is 54.9. The second kappa shape index (κ2) is 7.41. The van der Waals surface area contributed by atoms with Crippen molar-refractivity contribution in [3.05, 3.63) is 11.6 Å². The van der Waals surface area contributed by atoms with E-state index in [1.54, 1.807) is 0 Å². The van der Waals surface area contributed by atoms with Crippen LogP contribution in [0.15, 0.2) is 11.6 Å². The molecule has 0 aromatic heterocycles. The van der Waals surface area contributed by atoms with Gasteiger partial charge in [-0.2, -0.15) is 0 Å². The lowest BCUT2D eigenvalue weighted by atomic mass is 9.46. The Kier molecular flexibility index (Phi) is 3.67. The Labute approximate surface area is 183 Å². The highest BCUT2D eigenvalue weighted by Gasteiger charge is 2.61. The van der Waals surface area contributed by atoms with Gasteiger partial charge in [-0.25, -0.2) is 0 Å². The Morgan fingerprint density at radius 1 is 1.11 bits per heavy atom. The third-order valence-corrected chi connectivity index (χ3v) is 9.71. The fourth-order valence-electron chi connectivity index (χ4n) is 8.18. The molecule has 2 nitrogen and oxygen atoms in total. The molecule has 0 saturated heterocycles. The van der Waals surface area contributed by atoms with Gasteiger partial charge in [-0.1, -0.05) is 59.0 Å². The van der Waals surface area contributed by atoms with Gasteiger partial charge in [-0.15, -0.1) is 0 Å². The maximum atomic E-state index is 11.3. The number of fused-ring (bicyclic) bond motifs is 5. The lowest BCUT2D eigenvalue weighted by Crippen LogP contribution is -2.54. The molecule has 0 spiro atoms. The molecule has 0 aromatic carbocycles. The van der Waals surface area contributed by atoms with Gasteiger partial charge in [-0.3, -0.25) is 0 Å². The fourth-order valence-corrected chi connectivity index (χ4v) is 8.18. The van der Waals surface area contributed by atoms with Crippen molar-refractivity contribution in [1.82, 2.24) is 0 Å². The second-order valence-corrected chi connectivity index (χ2v) is 11.0. The number of rotatable bonds is 4. The molecule has 0 radical (unpaired) electrons. The van der Waals surface area contributed by atoms with Crippen LogP contribution < -0.4 is 0 Å². The van der Waals surface area contributed by atoms with Gasteiger partial charge in [0, 0.05) is 9.60 Å². The van der Waals surface area contributed by atoms with Crippen LogP contribution in [-0.2, 0) is 0 Å². The van der Waals surface area contributed by atoms with Gasteiger partial charge < -0.3 is 10.2 Å². The number of aliphatic hydroxyl groups is 2. The highest BCUT2D eigenvalue weighted by Crippen LogP contribution is 2.67. The molecule has 4 aliphatic rings. The predicted molar refractivity (Wildman–Crippen MR) is 116 cm³/mol. The third kappa shape index (κ3) is 3.22. The second-order valence-electron chi connectivity index (χ2n) is 11.0. The first-order valence-electron chi connectivity index (χ1n) is 15.0. The first kappa shape index (κ1) is 13.9. The maximum absolute atomic E-state index is 11.3. The minimum Gasteiger partial charge on any atom is -0.393 e. The monoisotopic (exact) mass is 395 g/mol. The zero-order valence-electron chi connectivity index (χ0n) is 24.9. The standard InChI is InChI=1S/C26H44O2/c1-16(2)6-7-17(3)20-8-9-21-24-22(11-13-26(20,21)5)25(4)12-10-19(27)14-18(25)15-23(24)28/h15-17,19-24,27-28H,6-14H2,1-5H3/t17-,19+,20-,21+,22+,23-,24+,25+,26-/m1/s1/i1D3,2D3,16D. The Bertz CT molecular complexity index is 823. The van der Waals surface area contributed by atoms with Crippen molar-refractivity contribution in [2.24, 2.45) is 46.3 Å². The van der Waals surface area contributed by atoms with Gasteiger partial charge in [-0.05, 0) is 91.3 Å². The van der Waals surface area contributed by atoms with E-state index in [-0.39, 0.29) is 35.2 Å². The Hall–Kier alpha value is -0.340. The highest BCUT2D eigenvalue weighted by molar-refractivity contribution is 5.27. The molecule has 0 unspecified atom stereocenters. The quantitative estimate of drug-likeness (QED) is 0.576. The molecule has 28 heavy (non-hydrogen) atoms. The normalized spacial score (nSPS) is 54.2. The summed E-state index contributed by atoms with van der Waals surface area (Å²) in [5.74, 6) is -1.05. The lowest BCUT2D eigenvalue weighted by Gasteiger charge is -2.59. The molecule has 9 atom stereocenters. The molecule has 0 heterocycles. The molecular formula is C26H44O2. The van der Waals surface area contributed by atoms with E-state index >= 15 is 0 Å². The average Bonchev–Trinajstić information content (AvgIpc) is 3.08. The topological polar surface area (TPSA) is 40.5 Å². The van der Waals surface area contributed by atoms with Gasteiger partial charge in [0.25, 0.3) is 0 Å². The van der Waals surface area contributed by atoms with Crippen LogP contribution in [0.3, 0.4) is 0 Å². The molecule has 4 aliphatic carbocycles. The average molecular weight is 396 g/mol. The van der Waals surface area contributed by atoms with Crippen molar-refractivity contribution in [2.45, 2.75) is 104 Å². The van der Waals surface area contributed by atoms with Gasteiger partial charge >= 0.3 is 0 Å². The number of hydrogen-bond acceptors (Lipinski definition) is 2. The van der Waals surface area contributed by atoms with Crippen molar-refractivity contribution < 1.29 is 19.8 Å². The molecule has 4 rings (SSSR count). The number of aliphatic hydroxyl groups excluding tert-OH is 2. The van der Waals surface area contributed by atoms with Crippen molar-refractivity contribution in [3.63, 3.8) is 0 Å². The Balaban J connectivity index is 1.53. The van der Waals surface area contributed by atoms with E-state index in [1.807, 2.05) is 6.08 Å². The molecular weight excluding hydrogens is 344 g/mol. The summed E-state index contributed by atoms with van der Waals surface area (Å²) in [5.41, 5.74) is 1.29. The lowest BCUT2D eigenvalue weighted by molar-refractivity contribution is -0.0971. The Morgan fingerprint density at radius 3 is 2.64 bits per heavy atom. The Morgan fingerprint density at radius 2 is 1.89 bits per heavy atom. The molecule has 0 bridgehead atoms. The molecule has 0 amide bonds. The van der Waals surface area contributed by atoms with E-state index in [0.717, 1.165) is 38.5 Å². The van der Waals surface area contributed by atoms with Crippen molar-refractivity contribution in [3.8, 4) is 0 Å². The summed E-state index contributed by atoms with van der Waals surface area (Å²) in [4.78, 5) is 0. The van der Waals surface area contributed by atoms with Crippen LogP contribution in [0.25, 0.3) is 0 Å².